The summed E-state index contributed by atoms with van der Waals surface area (Å²) in [5.41, 5.74) is 1.56. The fraction of sp³-hybridized carbons (Fsp3) is 0.526. The standard InChI is InChI=1S/C19H21NO/c1-2-13-4-3-5-17(9-13)20-18(21)19-10-14-6-15(11-19)8-16(7-14)12-19/h1,3-5,9,14-16H,6-8,10-12H2,(H,20,21). The maximum absolute atomic E-state index is 12.9. The molecule has 4 fully saturated rings. The summed E-state index contributed by atoms with van der Waals surface area (Å²) in [4.78, 5) is 12.9. The molecule has 0 unspecified atom stereocenters. The lowest BCUT2D eigenvalue weighted by molar-refractivity contribution is -0.140. The summed E-state index contributed by atoms with van der Waals surface area (Å²) in [6.45, 7) is 0. The van der Waals surface area contributed by atoms with Crippen molar-refractivity contribution in [2.45, 2.75) is 38.5 Å². The van der Waals surface area contributed by atoms with Crippen LogP contribution in [0.2, 0.25) is 0 Å². The van der Waals surface area contributed by atoms with E-state index in [9.17, 15) is 4.79 Å². The third kappa shape index (κ3) is 2.16. The van der Waals surface area contributed by atoms with Crippen LogP contribution < -0.4 is 5.32 Å². The Morgan fingerprint density at radius 1 is 1.14 bits per heavy atom. The number of rotatable bonds is 2. The summed E-state index contributed by atoms with van der Waals surface area (Å²) in [7, 11) is 0. The predicted octanol–water partition coefficient (Wildman–Crippen LogP) is 3.82. The van der Waals surface area contributed by atoms with Crippen molar-refractivity contribution in [1.29, 1.82) is 0 Å². The van der Waals surface area contributed by atoms with Gasteiger partial charge in [-0.2, -0.15) is 0 Å². The van der Waals surface area contributed by atoms with Gasteiger partial charge in [0.25, 0.3) is 0 Å². The molecule has 4 aliphatic rings. The van der Waals surface area contributed by atoms with Gasteiger partial charge in [0.2, 0.25) is 5.91 Å². The Morgan fingerprint density at radius 2 is 1.76 bits per heavy atom. The maximum atomic E-state index is 12.9. The van der Waals surface area contributed by atoms with E-state index in [4.69, 9.17) is 6.42 Å². The number of anilines is 1. The summed E-state index contributed by atoms with van der Waals surface area (Å²) in [6.07, 6.45) is 12.8. The first-order valence-corrected chi connectivity index (χ1v) is 8.05. The Morgan fingerprint density at radius 3 is 2.33 bits per heavy atom. The monoisotopic (exact) mass is 279 g/mol. The van der Waals surface area contributed by atoms with Gasteiger partial charge in [-0.15, -0.1) is 6.42 Å². The van der Waals surface area contributed by atoms with Gasteiger partial charge in [-0.1, -0.05) is 12.0 Å². The molecule has 0 aromatic heterocycles. The first-order valence-electron chi connectivity index (χ1n) is 8.05. The molecular formula is C19H21NO. The van der Waals surface area contributed by atoms with Gasteiger partial charge >= 0.3 is 0 Å². The van der Waals surface area contributed by atoms with E-state index < -0.39 is 0 Å². The minimum absolute atomic E-state index is 0.0963. The van der Waals surface area contributed by atoms with Gasteiger partial charge in [0, 0.05) is 11.3 Å². The predicted molar refractivity (Wildman–Crippen MR) is 83.6 cm³/mol. The molecule has 2 heteroatoms. The molecule has 1 aromatic rings. The van der Waals surface area contributed by atoms with E-state index >= 15 is 0 Å². The van der Waals surface area contributed by atoms with Crippen LogP contribution in [0.5, 0.6) is 0 Å². The molecule has 0 aliphatic heterocycles. The van der Waals surface area contributed by atoms with Crippen LogP contribution in [0.25, 0.3) is 0 Å². The van der Waals surface area contributed by atoms with E-state index in [1.54, 1.807) is 0 Å². The number of amides is 1. The minimum Gasteiger partial charge on any atom is -0.326 e. The first kappa shape index (κ1) is 13.0. The van der Waals surface area contributed by atoms with Gasteiger partial charge < -0.3 is 5.32 Å². The van der Waals surface area contributed by atoms with Crippen molar-refractivity contribution in [2.75, 3.05) is 5.32 Å². The average Bonchev–Trinajstić information content (AvgIpc) is 2.46. The zero-order valence-corrected chi connectivity index (χ0v) is 12.3. The molecule has 0 heterocycles. The van der Waals surface area contributed by atoms with Crippen LogP contribution in [0.1, 0.15) is 44.1 Å². The SMILES string of the molecule is C#Cc1cccc(NC(=O)C23CC4CC(CC(C4)C2)C3)c1. The summed E-state index contributed by atoms with van der Waals surface area (Å²) in [5.74, 6) is 5.23. The van der Waals surface area contributed by atoms with Crippen molar-refractivity contribution in [3.8, 4) is 12.3 Å². The second-order valence-corrected chi connectivity index (χ2v) is 7.38. The van der Waals surface area contributed by atoms with Gasteiger partial charge in [0.05, 0.1) is 5.41 Å². The summed E-state index contributed by atoms with van der Waals surface area (Å²) >= 11 is 0. The number of hydrogen-bond acceptors (Lipinski definition) is 1. The molecule has 21 heavy (non-hydrogen) atoms. The van der Waals surface area contributed by atoms with E-state index in [0.29, 0.717) is 0 Å². The Labute approximate surface area is 126 Å². The Hall–Kier alpha value is -1.75. The second kappa shape index (κ2) is 4.63. The van der Waals surface area contributed by atoms with E-state index in [-0.39, 0.29) is 11.3 Å². The quantitative estimate of drug-likeness (QED) is 0.819. The van der Waals surface area contributed by atoms with Crippen molar-refractivity contribution in [2.24, 2.45) is 23.2 Å². The maximum Gasteiger partial charge on any atom is 0.230 e. The molecule has 1 aromatic carbocycles. The van der Waals surface area contributed by atoms with Crippen LogP contribution in [-0.4, -0.2) is 5.91 Å². The van der Waals surface area contributed by atoms with Crippen LogP contribution in [-0.2, 0) is 4.79 Å². The van der Waals surface area contributed by atoms with E-state index in [0.717, 1.165) is 48.3 Å². The molecule has 108 valence electrons. The fourth-order valence-corrected chi connectivity index (χ4v) is 5.34. The third-order valence-corrected chi connectivity index (χ3v) is 5.81. The van der Waals surface area contributed by atoms with Crippen molar-refractivity contribution in [3.63, 3.8) is 0 Å². The zero-order valence-electron chi connectivity index (χ0n) is 12.3. The highest BCUT2D eigenvalue weighted by molar-refractivity contribution is 5.95. The molecule has 2 nitrogen and oxygen atoms in total. The molecule has 5 rings (SSSR count). The van der Waals surface area contributed by atoms with Gasteiger partial charge in [0.1, 0.15) is 0 Å². The number of benzene rings is 1. The van der Waals surface area contributed by atoms with Crippen LogP contribution >= 0.6 is 0 Å². The topological polar surface area (TPSA) is 29.1 Å². The fourth-order valence-electron chi connectivity index (χ4n) is 5.34. The van der Waals surface area contributed by atoms with E-state index in [1.807, 2.05) is 24.3 Å². The molecule has 0 spiro atoms. The van der Waals surface area contributed by atoms with Crippen LogP contribution in [0.4, 0.5) is 5.69 Å². The lowest BCUT2D eigenvalue weighted by Crippen LogP contribution is -2.51. The third-order valence-electron chi connectivity index (χ3n) is 5.81. The molecule has 0 atom stereocenters. The highest BCUT2D eigenvalue weighted by Gasteiger charge is 2.54. The summed E-state index contributed by atoms with van der Waals surface area (Å²) in [6, 6.07) is 7.61. The van der Waals surface area contributed by atoms with Crippen LogP contribution in [0, 0.1) is 35.5 Å². The molecule has 0 radical (unpaired) electrons. The van der Waals surface area contributed by atoms with Crippen molar-refractivity contribution in [1.82, 2.24) is 0 Å². The van der Waals surface area contributed by atoms with Gasteiger partial charge in [-0.25, -0.2) is 0 Å². The second-order valence-electron chi connectivity index (χ2n) is 7.38. The lowest BCUT2D eigenvalue weighted by Gasteiger charge is -2.55. The van der Waals surface area contributed by atoms with E-state index in [2.05, 4.69) is 11.2 Å². The Kier molecular flexibility index (Phi) is 2.85. The first-order chi connectivity index (χ1) is 10.2. The average molecular weight is 279 g/mol. The highest BCUT2D eigenvalue weighted by Crippen LogP contribution is 2.60. The molecular weight excluding hydrogens is 258 g/mol. The number of carbonyl (C=O) groups excluding carboxylic acids is 1. The lowest BCUT2D eigenvalue weighted by atomic mass is 9.49. The summed E-state index contributed by atoms with van der Waals surface area (Å²) < 4.78 is 0. The normalized spacial score (nSPS) is 36.2. The Balaban J connectivity index is 1.56. The summed E-state index contributed by atoms with van der Waals surface area (Å²) in [5, 5.41) is 3.14. The van der Waals surface area contributed by atoms with E-state index in [1.165, 1.54) is 19.3 Å². The van der Waals surface area contributed by atoms with Crippen molar-refractivity contribution < 1.29 is 4.79 Å². The largest absolute Gasteiger partial charge is 0.326 e. The molecule has 1 N–H and O–H groups in total. The number of nitrogens with one attached hydrogen (secondary N) is 1. The van der Waals surface area contributed by atoms with Crippen molar-refractivity contribution in [3.05, 3.63) is 29.8 Å². The number of hydrogen-bond donors (Lipinski definition) is 1. The smallest absolute Gasteiger partial charge is 0.230 e. The minimum atomic E-state index is -0.0963. The Bertz CT molecular complexity index is 589. The number of terminal acetylenes is 1. The van der Waals surface area contributed by atoms with Crippen LogP contribution in [0.3, 0.4) is 0 Å². The number of carbonyl (C=O) groups is 1. The van der Waals surface area contributed by atoms with Gasteiger partial charge in [-0.05, 0) is 74.5 Å². The van der Waals surface area contributed by atoms with Gasteiger partial charge in [0.15, 0.2) is 0 Å². The zero-order chi connectivity index (χ0) is 14.4. The van der Waals surface area contributed by atoms with Crippen LogP contribution in [0.15, 0.2) is 24.3 Å². The van der Waals surface area contributed by atoms with Gasteiger partial charge in [-0.3, -0.25) is 4.79 Å². The van der Waals surface area contributed by atoms with Crippen molar-refractivity contribution >= 4 is 11.6 Å². The highest BCUT2D eigenvalue weighted by atomic mass is 16.2. The molecule has 4 aliphatic carbocycles. The molecule has 1 amide bonds. The molecule has 4 saturated carbocycles. The molecule has 0 saturated heterocycles. The molecule has 4 bridgehead atoms.